The van der Waals surface area contributed by atoms with Crippen molar-refractivity contribution in [2.45, 2.75) is 44.6 Å². The van der Waals surface area contributed by atoms with Crippen LogP contribution >= 0.6 is 0 Å². The minimum Gasteiger partial charge on any atom is -0.446 e. The molecule has 1 unspecified atom stereocenters. The van der Waals surface area contributed by atoms with Crippen LogP contribution in [0.25, 0.3) is 0 Å². The summed E-state index contributed by atoms with van der Waals surface area (Å²) in [5.41, 5.74) is 0. The van der Waals surface area contributed by atoms with Gasteiger partial charge >= 0.3 is 6.09 Å². The minimum atomic E-state index is -0.318. The fourth-order valence-corrected chi connectivity index (χ4v) is 1.57. The quantitative estimate of drug-likeness (QED) is 0.679. The van der Waals surface area contributed by atoms with Gasteiger partial charge < -0.3 is 10.1 Å². The number of hydrogen-bond acceptors (Lipinski definition) is 2. The highest BCUT2D eigenvalue weighted by atomic mass is 16.6. The highest BCUT2D eigenvalue weighted by Crippen LogP contribution is 2.18. The summed E-state index contributed by atoms with van der Waals surface area (Å²) in [4.78, 5) is 10.9. The maximum absolute atomic E-state index is 10.9. The van der Waals surface area contributed by atoms with Gasteiger partial charge in [-0.2, -0.15) is 0 Å². The highest BCUT2D eigenvalue weighted by molar-refractivity contribution is 5.66. The van der Waals surface area contributed by atoms with Gasteiger partial charge in [-0.1, -0.05) is 19.3 Å². The summed E-state index contributed by atoms with van der Waals surface area (Å²) in [5.74, 6) is 0. The summed E-state index contributed by atoms with van der Waals surface area (Å²) in [6, 6.07) is 0. The van der Waals surface area contributed by atoms with Crippen molar-refractivity contribution in [3.63, 3.8) is 0 Å². The molecule has 1 amide bonds. The van der Waals surface area contributed by atoms with Gasteiger partial charge in [-0.05, 0) is 19.3 Å². The van der Waals surface area contributed by atoms with Crippen molar-refractivity contribution < 1.29 is 9.53 Å². The maximum atomic E-state index is 10.9. The lowest BCUT2D eigenvalue weighted by Gasteiger charge is -2.19. The zero-order valence-electron chi connectivity index (χ0n) is 8.21. The molecule has 1 saturated carbocycles. The average molecular weight is 184 g/mol. The molecule has 0 heterocycles. The summed E-state index contributed by atoms with van der Waals surface area (Å²) in [6.07, 6.45) is 8.85. The van der Waals surface area contributed by atoms with Crippen molar-refractivity contribution in [3.8, 4) is 0 Å². The third-order valence-corrected chi connectivity index (χ3v) is 2.33. The normalized spacial score (nSPS) is 20.1. The molecule has 1 radical (unpaired) electrons. The summed E-state index contributed by atoms with van der Waals surface area (Å²) in [7, 11) is 1.59. The van der Waals surface area contributed by atoms with Crippen molar-refractivity contribution >= 4 is 6.09 Å². The molecule has 0 aromatic carbocycles. The van der Waals surface area contributed by atoms with Gasteiger partial charge in [-0.15, -0.1) is 0 Å². The van der Waals surface area contributed by atoms with Crippen LogP contribution in [0.2, 0.25) is 0 Å². The zero-order chi connectivity index (χ0) is 9.52. The average Bonchev–Trinajstić information content (AvgIpc) is 2.09. The molecular weight excluding hydrogens is 166 g/mol. The van der Waals surface area contributed by atoms with Crippen LogP contribution in [0.5, 0.6) is 0 Å². The first-order valence-electron chi connectivity index (χ1n) is 5.04. The van der Waals surface area contributed by atoms with Gasteiger partial charge in [0.1, 0.15) is 6.10 Å². The third kappa shape index (κ3) is 4.15. The first kappa shape index (κ1) is 10.4. The number of carbonyl (C=O) groups is 1. The number of ether oxygens (including phenoxy) is 1. The second-order valence-electron chi connectivity index (χ2n) is 3.42. The van der Waals surface area contributed by atoms with Gasteiger partial charge in [0.05, 0.1) is 0 Å². The van der Waals surface area contributed by atoms with Crippen LogP contribution in [0, 0.1) is 6.42 Å². The Balaban J connectivity index is 2.25. The molecule has 75 valence electrons. The molecule has 3 nitrogen and oxygen atoms in total. The molecule has 1 fully saturated rings. The molecule has 3 heteroatoms. The van der Waals surface area contributed by atoms with Crippen LogP contribution < -0.4 is 5.32 Å². The summed E-state index contributed by atoms with van der Waals surface area (Å²) >= 11 is 0. The van der Waals surface area contributed by atoms with Crippen LogP contribution in [0.3, 0.4) is 0 Å². The smallest absolute Gasteiger partial charge is 0.407 e. The van der Waals surface area contributed by atoms with E-state index in [4.69, 9.17) is 4.74 Å². The lowest BCUT2D eigenvalue weighted by atomic mass is 9.99. The Morgan fingerprint density at radius 2 is 2.15 bits per heavy atom. The SMILES string of the molecule is CNC(=O)OC1[CH]CCCCCC1. The van der Waals surface area contributed by atoms with Crippen molar-refractivity contribution in [1.82, 2.24) is 5.32 Å². The van der Waals surface area contributed by atoms with E-state index in [1.807, 2.05) is 0 Å². The number of carbonyl (C=O) groups excluding carboxylic acids is 1. The molecule has 1 atom stereocenters. The summed E-state index contributed by atoms with van der Waals surface area (Å²) in [5, 5.41) is 2.47. The van der Waals surface area contributed by atoms with E-state index in [1.54, 1.807) is 7.05 Å². The first-order valence-corrected chi connectivity index (χ1v) is 5.04. The van der Waals surface area contributed by atoms with Crippen molar-refractivity contribution in [2.75, 3.05) is 7.05 Å². The molecule has 1 N–H and O–H groups in total. The lowest BCUT2D eigenvalue weighted by molar-refractivity contribution is 0.105. The van der Waals surface area contributed by atoms with Crippen molar-refractivity contribution in [3.05, 3.63) is 6.42 Å². The molecule has 0 spiro atoms. The number of amides is 1. The van der Waals surface area contributed by atoms with Crippen LogP contribution in [-0.2, 0) is 4.74 Å². The predicted molar refractivity (Wildman–Crippen MR) is 51.3 cm³/mol. The van der Waals surface area contributed by atoms with E-state index in [1.165, 1.54) is 19.3 Å². The molecule has 0 bridgehead atoms. The van der Waals surface area contributed by atoms with E-state index in [0.29, 0.717) is 0 Å². The fraction of sp³-hybridized carbons (Fsp3) is 0.800. The number of alkyl carbamates (subject to hydrolysis) is 1. The Morgan fingerprint density at radius 1 is 1.38 bits per heavy atom. The van der Waals surface area contributed by atoms with Gasteiger partial charge in [0.2, 0.25) is 0 Å². The van der Waals surface area contributed by atoms with E-state index in [-0.39, 0.29) is 12.2 Å². The minimum absolute atomic E-state index is 0.0280. The van der Waals surface area contributed by atoms with E-state index < -0.39 is 0 Å². The standard InChI is InChI=1S/C10H18NO2/c1-11-10(12)13-9-7-5-3-2-4-6-8-9/h7,9H,2-6,8H2,1H3,(H,11,12). The molecule has 1 aliphatic carbocycles. The molecule has 1 aliphatic rings. The Bertz CT molecular complexity index is 151. The van der Waals surface area contributed by atoms with Crippen molar-refractivity contribution in [2.24, 2.45) is 0 Å². The Morgan fingerprint density at radius 3 is 2.92 bits per heavy atom. The predicted octanol–water partition coefficient (Wildman–Crippen LogP) is 2.27. The topological polar surface area (TPSA) is 38.3 Å². The molecule has 0 aliphatic heterocycles. The van der Waals surface area contributed by atoms with E-state index in [2.05, 4.69) is 11.7 Å². The molecule has 0 aromatic rings. The monoisotopic (exact) mass is 184 g/mol. The largest absolute Gasteiger partial charge is 0.446 e. The van der Waals surface area contributed by atoms with Crippen molar-refractivity contribution in [1.29, 1.82) is 0 Å². The number of hydrogen-bond donors (Lipinski definition) is 1. The first-order chi connectivity index (χ1) is 6.33. The van der Waals surface area contributed by atoms with Crippen LogP contribution in [-0.4, -0.2) is 19.2 Å². The van der Waals surface area contributed by atoms with Crippen LogP contribution in [0.15, 0.2) is 0 Å². The Labute approximate surface area is 79.8 Å². The summed E-state index contributed by atoms with van der Waals surface area (Å²) in [6.45, 7) is 0. The van der Waals surface area contributed by atoms with Crippen LogP contribution in [0.1, 0.15) is 38.5 Å². The molecular formula is C10H18NO2. The van der Waals surface area contributed by atoms with E-state index >= 15 is 0 Å². The molecule has 1 rings (SSSR count). The van der Waals surface area contributed by atoms with Crippen LogP contribution in [0.4, 0.5) is 4.79 Å². The zero-order valence-corrected chi connectivity index (χ0v) is 8.21. The van der Waals surface area contributed by atoms with Gasteiger partial charge in [0.15, 0.2) is 0 Å². The Kier molecular flexibility index (Phi) is 4.65. The Hall–Kier alpha value is -0.730. The lowest BCUT2D eigenvalue weighted by Crippen LogP contribution is -2.26. The number of rotatable bonds is 1. The van der Waals surface area contributed by atoms with E-state index in [0.717, 1.165) is 19.3 Å². The fourth-order valence-electron chi connectivity index (χ4n) is 1.57. The van der Waals surface area contributed by atoms with E-state index in [9.17, 15) is 4.79 Å². The second-order valence-corrected chi connectivity index (χ2v) is 3.42. The van der Waals surface area contributed by atoms with Gasteiger partial charge in [-0.3, -0.25) is 0 Å². The summed E-state index contributed by atoms with van der Waals surface area (Å²) < 4.78 is 5.17. The molecule has 0 saturated heterocycles. The second kappa shape index (κ2) is 5.84. The maximum Gasteiger partial charge on any atom is 0.407 e. The third-order valence-electron chi connectivity index (χ3n) is 2.33. The van der Waals surface area contributed by atoms with Gasteiger partial charge in [0, 0.05) is 13.5 Å². The van der Waals surface area contributed by atoms with Gasteiger partial charge in [-0.25, -0.2) is 4.79 Å². The molecule has 13 heavy (non-hydrogen) atoms. The number of nitrogens with one attached hydrogen (secondary N) is 1. The molecule has 0 aromatic heterocycles. The van der Waals surface area contributed by atoms with Gasteiger partial charge in [0.25, 0.3) is 0 Å². The highest BCUT2D eigenvalue weighted by Gasteiger charge is 2.14.